The maximum Gasteiger partial charge on any atom is 0.267 e. The van der Waals surface area contributed by atoms with Gasteiger partial charge in [0.15, 0.2) is 0 Å². The number of benzene rings is 4. The molecule has 5 aromatic rings. The molecule has 5 nitrogen and oxygen atoms in total. The Hall–Kier alpha value is -4.90. The van der Waals surface area contributed by atoms with Crippen LogP contribution in [-0.2, 0) is 19.5 Å². The van der Waals surface area contributed by atoms with E-state index in [-0.39, 0.29) is 11.8 Å². The number of rotatable bonds is 8. The van der Waals surface area contributed by atoms with E-state index in [4.69, 9.17) is 0 Å². The first-order chi connectivity index (χ1) is 21.0. The summed E-state index contributed by atoms with van der Waals surface area (Å²) in [5.74, 6) is -0.128. The monoisotopic (exact) mass is 567 g/mol. The molecular weight excluding hydrogens is 530 g/mol. The number of anilines is 1. The molecule has 2 amide bonds. The molecule has 0 bridgehead atoms. The van der Waals surface area contributed by atoms with E-state index in [0.717, 1.165) is 47.3 Å². The van der Waals surface area contributed by atoms with E-state index in [2.05, 4.69) is 66.2 Å². The fourth-order valence-electron chi connectivity index (χ4n) is 6.06. The zero-order valence-electron chi connectivity index (χ0n) is 24.8. The Morgan fingerprint density at radius 2 is 1.47 bits per heavy atom. The number of unbranched alkanes of at least 4 members (excludes halogenated alkanes) is 1. The lowest BCUT2D eigenvalue weighted by Gasteiger charge is -2.23. The molecule has 2 heterocycles. The van der Waals surface area contributed by atoms with Gasteiger partial charge in [0.05, 0.1) is 13.1 Å². The minimum Gasteiger partial charge on any atom is -0.351 e. The Kier molecular flexibility index (Phi) is 8.23. The Balaban J connectivity index is 1.20. The van der Waals surface area contributed by atoms with Crippen LogP contribution in [0.1, 0.15) is 61.6 Å². The Bertz CT molecular complexity index is 1770. The highest BCUT2D eigenvalue weighted by molar-refractivity contribution is 6.07. The first-order valence-corrected chi connectivity index (χ1v) is 15.1. The van der Waals surface area contributed by atoms with Gasteiger partial charge < -0.3 is 14.8 Å². The van der Waals surface area contributed by atoms with Crippen LogP contribution in [0, 0.1) is 13.8 Å². The SMILES string of the molecule is Cc1ccccc1-c1ccc(C(=O)N2Cc3ccc(C(=O)NCCCCc4ccccc4)n3Cc3ccccc32)cc1C. The van der Waals surface area contributed by atoms with Gasteiger partial charge >= 0.3 is 0 Å². The number of fused-ring (bicyclic) bond motifs is 2. The molecule has 0 saturated heterocycles. The van der Waals surface area contributed by atoms with Crippen LogP contribution < -0.4 is 10.2 Å². The van der Waals surface area contributed by atoms with E-state index in [1.54, 1.807) is 0 Å². The number of aryl methyl sites for hydroxylation is 3. The van der Waals surface area contributed by atoms with Gasteiger partial charge in [-0.15, -0.1) is 0 Å². The third-order valence-corrected chi connectivity index (χ3v) is 8.41. The number of hydrogen-bond acceptors (Lipinski definition) is 2. The molecule has 1 aliphatic rings. The summed E-state index contributed by atoms with van der Waals surface area (Å²) < 4.78 is 2.05. The van der Waals surface area contributed by atoms with Crippen LogP contribution in [0.2, 0.25) is 0 Å². The molecule has 4 aromatic carbocycles. The lowest BCUT2D eigenvalue weighted by atomic mass is 9.95. The smallest absolute Gasteiger partial charge is 0.267 e. The first kappa shape index (κ1) is 28.2. The highest BCUT2D eigenvalue weighted by atomic mass is 16.2. The van der Waals surface area contributed by atoms with E-state index in [1.807, 2.05) is 71.6 Å². The average molecular weight is 568 g/mol. The number of carbonyl (C=O) groups is 2. The van der Waals surface area contributed by atoms with E-state index in [0.29, 0.717) is 30.9 Å². The summed E-state index contributed by atoms with van der Waals surface area (Å²) in [6, 6.07) is 36.6. The van der Waals surface area contributed by atoms with Gasteiger partial charge in [-0.25, -0.2) is 0 Å². The molecule has 0 spiro atoms. The van der Waals surface area contributed by atoms with E-state index in [1.165, 1.54) is 16.7 Å². The fourth-order valence-corrected chi connectivity index (χ4v) is 6.06. The van der Waals surface area contributed by atoms with Gasteiger partial charge in [0.2, 0.25) is 0 Å². The summed E-state index contributed by atoms with van der Waals surface area (Å²) in [7, 11) is 0. The molecule has 1 N–H and O–H groups in total. The van der Waals surface area contributed by atoms with Crippen LogP contribution >= 0.6 is 0 Å². The van der Waals surface area contributed by atoms with Gasteiger partial charge in [0.25, 0.3) is 11.8 Å². The lowest BCUT2D eigenvalue weighted by molar-refractivity contribution is 0.0943. The molecule has 0 unspecified atom stereocenters. The van der Waals surface area contributed by atoms with E-state index < -0.39 is 0 Å². The zero-order chi connectivity index (χ0) is 29.8. The number of hydrogen-bond donors (Lipinski definition) is 1. The summed E-state index contributed by atoms with van der Waals surface area (Å²) in [6.07, 6.45) is 2.94. The first-order valence-electron chi connectivity index (χ1n) is 15.1. The van der Waals surface area contributed by atoms with Crippen molar-refractivity contribution in [2.45, 2.75) is 46.2 Å². The van der Waals surface area contributed by atoms with Crippen molar-refractivity contribution >= 4 is 17.5 Å². The zero-order valence-corrected chi connectivity index (χ0v) is 24.8. The fraction of sp³-hybridized carbons (Fsp3) is 0.211. The average Bonchev–Trinajstić information content (AvgIpc) is 3.34. The standard InChI is InChI=1S/C38H37N3O2/c1-27-12-6-8-17-33(27)34-21-19-30(24-28(34)2)38(43)41-26-32-20-22-36(40(32)25-31-16-7-9-18-35(31)41)37(42)39-23-11-10-15-29-13-4-3-5-14-29/h3-9,12-14,16-22,24H,10-11,15,23,25-26H2,1-2H3,(H,39,42). The molecule has 0 fully saturated rings. The molecule has 0 atom stereocenters. The van der Waals surface area contributed by atoms with Crippen molar-refractivity contribution in [2.24, 2.45) is 0 Å². The predicted octanol–water partition coefficient (Wildman–Crippen LogP) is 7.73. The molecule has 5 heteroatoms. The molecule has 1 aliphatic heterocycles. The van der Waals surface area contributed by atoms with Crippen LogP contribution in [0.5, 0.6) is 0 Å². The molecule has 1 aromatic heterocycles. The largest absolute Gasteiger partial charge is 0.351 e. The maximum atomic E-state index is 14.1. The topological polar surface area (TPSA) is 54.3 Å². The van der Waals surface area contributed by atoms with E-state index in [9.17, 15) is 9.59 Å². The molecule has 6 rings (SSSR count). The van der Waals surface area contributed by atoms with Crippen molar-refractivity contribution in [1.82, 2.24) is 9.88 Å². The third kappa shape index (κ3) is 6.02. The van der Waals surface area contributed by atoms with Gasteiger partial charge in [-0.2, -0.15) is 0 Å². The summed E-state index contributed by atoms with van der Waals surface area (Å²) in [5.41, 5.74) is 10.0. The number of aromatic nitrogens is 1. The van der Waals surface area contributed by atoms with Crippen LogP contribution in [0.25, 0.3) is 11.1 Å². The number of amides is 2. The predicted molar refractivity (Wildman–Crippen MR) is 174 cm³/mol. The highest BCUT2D eigenvalue weighted by Gasteiger charge is 2.27. The van der Waals surface area contributed by atoms with Gasteiger partial charge in [0, 0.05) is 23.5 Å². The Labute approximate surface area is 253 Å². The van der Waals surface area contributed by atoms with Crippen LogP contribution in [-0.4, -0.2) is 22.9 Å². The molecule has 43 heavy (non-hydrogen) atoms. The summed E-state index contributed by atoms with van der Waals surface area (Å²) in [6.45, 7) is 5.72. The van der Waals surface area contributed by atoms with Crippen molar-refractivity contribution in [2.75, 3.05) is 11.4 Å². The van der Waals surface area contributed by atoms with Crippen LogP contribution in [0.3, 0.4) is 0 Å². The minimum atomic E-state index is -0.0781. The summed E-state index contributed by atoms with van der Waals surface area (Å²) in [5, 5.41) is 3.11. The summed E-state index contributed by atoms with van der Waals surface area (Å²) in [4.78, 5) is 29.2. The minimum absolute atomic E-state index is 0.0500. The number of carbonyl (C=O) groups excluding carboxylic acids is 2. The summed E-state index contributed by atoms with van der Waals surface area (Å²) >= 11 is 0. The van der Waals surface area contributed by atoms with Crippen molar-refractivity contribution < 1.29 is 9.59 Å². The molecule has 0 aliphatic carbocycles. The molecule has 0 saturated carbocycles. The number of nitrogens with zero attached hydrogens (tertiary/aromatic N) is 2. The number of nitrogens with one attached hydrogen (secondary N) is 1. The molecular formula is C38H37N3O2. The third-order valence-electron chi connectivity index (χ3n) is 8.41. The second-order valence-corrected chi connectivity index (χ2v) is 11.4. The van der Waals surface area contributed by atoms with Crippen LogP contribution in [0.15, 0.2) is 109 Å². The van der Waals surface area contributed by atoms with Crippen LogP contribution in [0.4, 0.5) is 5.69 Å². The molecule has 216 valence electrons. The van der Waals surface area contributed by atoms with Gasteiger partial charge in [-0.3, -0.25) is 9.59 Å². The Morgan fingerprint density at radius 3 is 2.28 bits per heavy atom. The normalized spacial score (nSPS) is 12.3. The van der Waals surface area contributed by atoms with Crippen molar-refractivity contribution in [3.63, 3.8) is 0 Å². The lowest BCUT2D eigenvalue weighted by Crippen LogP contribution is -2.31. The van der Waals surface area contributed by atoms with E-state index >= 15 is 0 Å². The number of para-hydroxylation sites is 1. The van der Waals surface area contributed by atoms with Gasteiger partial charge in [-0.05, 0) is 96.8 Å². The second-order valence-electron chi connectivity index (χ2n) is 11.4. The second kappa shape index (κ2) is 12.5. The quantitative estimate of drug-likeness (QED) is 0.195. The van der Waals surface area contributed by atoms with Crippen molar-refractivity contribution in [3.05, 3.63) is 148 Å². The molecule has 0 radical (unpaired) electrons. The van der Waals surface area contributed by atoms with Crippen molar-refractivity contribution in [3.8, 4) is 11.1 Å². The Morgan fingerprint density at radius 1 is 0.721 bits per heavy atom. The highest BCUT2D eigenvalue weighted by Crippen LogP contribution is 2.32. The van der Waals surface area contributed by atoms with Gasteiger partial charge in [-0.1, -0.05) is 78.9 Å². The van der Waals surface area contributed by atoms with Gasteiger partial charge in [0.1, 0.15) is 5.69 Å². The van der Waals surface area contributed by atoms with Crippen molar-refractivity contribution in [1.29, 1.82) is 0 Å². The maximum absolute atomic E-state index is 14.1.